The van der Waals surface area contributed by atoms with Crippen molar-refractivity contribution in [1.29, 1.82) is 0 Å². The van der Waals surface area contributed by atoms with Crippen LogP contribution in [-0.2, 0) is 25.2 Å². The van der Waals surface area contributed by atoms with Gasteiger partial charge in [-0.15, -0.1) is 0 Å². The zero-order chi connectivity index (χ0) is 23.8. The molecule has 1 aromatic rings. The smallest absolute Gasteiger partial charge is 0.306 e. The Morgan fingerprint density at radius 3 is 2.48 bits per heavy atom. The van der Waals surface area contributed by atoms with Gasteiger partial charge in [-0.25, -0.2) is 0 Å². The van der Waals surface area contributed by atoms with Gasteiger partial charge in [0.05, 0.1) is 12.4 Å². The summed E-state index contributed by atoms with van der Waals surface area (Å²) >= 11 is 5.43. The molecule has 1 heterocycles. The molecule has 7 nitrogen and oxygen atoms in total. The van der Waals surface area contributed by atoms with Gasteiger partial charge in [-0.05, 0) is 47.5 Å². The van der Waals surface area contributed by atoms with Crippen LogP contribution in [0, 0.1) is 5.92 Å². The number of hydrogen-bond acceptors (Lipinski definition) is 6. The number of hydrogen-bond donors (Lipinski definition) is 1. The van der Waals surface area contributed by atoms with E-state index in [1.54, 1.807) is 38.4 Å². The summed E-state index contributed by atoms with van der Waals surface area (Å²) in [5, 5.41) is 3.57. The predicted octanol–water partition coefficient (Wildman–Crippen LogP) is 2.97. The van der Waals surface area contributed by atoms with Gasteiger partial charge in [0.15, 0.2) is 10.7 Å². The van der Waals surface area contributed by atoms with Crippen LogP contribution in [0.1, 0.15) is 18.4 Å². The van der Waals surface area contributed by atoms with E-state index in [4.69, 9.17) is 21.1 Å². The summed E-state index contributed by atoms with van der Waals surface area (Å²) in [5.74, 6) is -0.329. The van der Waals surface area contributed by atoms with Crippen LogP contribution in [0.25, 0.3) is 0 Å². The number of nitrogens with zero attached hydrogens (tertiary/aromatic N) is 1. The van der Waals surface area contributed by atoms with Gasteiger partial charge in [0.1, 0.15) is 5.75 Å². The maximum Gasteiger partial charge on any atom is 0.306 e. The summed E-state index contributed by atoms with van der Waals surface area (Å²) in [5.41, 5.74) is 1.67. The van der Waals surface area contributed by atoms with Gasteiger partial charge in [-0.2, -0.15) is 8.42 Å². The second-order valence-electron chi connectivity index (χ2n) is 8.36. The minimum Gasteiger partial charge on any atom is -0.383 e. The molecule has 3 aliphatic rings. The Labute approximate surface area is 199 Å². The zero-order valence-corrected chi connectivity index (χ0v) is 20.3. The van der Waals surface area contributed by atoms with Gasteiger partial charge in [-0.1, -0.05) is 48.6 Å². The fourth-order valence-corrected chi connectivity index (χ4v) is 5.25. The number of benzene rings is 1. The first kappa shape index (κ1) is 23.4. The number of carbonyl (C=O) groups excluding carboxylic acids is 1. The van der Waals surface area contributed by atoms with E-state index in [1.165, 1.54) is 4.90 Å². The van der Waals surface area contributed by atoms with Crippen LogP contribution in [0.3, 0.4) is 0 Å². The van der Waals surface area contributed by atoms with Crippen LogP contribution < -0.4 is 9.50 Å². The number of ether oxygens (including phenoxy) is 1. The monoisotopic (exact) mass is 486 g/mol. The highest BCUT2D eigenvalue weighted by atomic mass is 32.2. The van der Waals surface area contributed by atoms with Crippen LogP contribution in [0.2, 0.25) is 0 Å². The van der Waals surface area contributed by atoms with Gasteiger partial charge >= 0.3 is 10.1 Å². The van der Waals surface area contributed by atoms with Crippen LogP contribution in [0.15, 0.2) is 71.9 Å². The summed E-state index contributed by atoms with van der Waals surface area (Å²) < 4.78 is 33.9. The lowest BCUT2D eigenvalue weighted by atomic mass is 9.72. The van der Waals surface area contributed by atoms with Gasteiger partial charge in [0, 0.05) is 26.5 Å². The van der Waals surface area contributed by atoms with E-state index in [0.717, 1.165) is 23.8 Å². The number of thiocarbonyl (C=S) groups is 1. The Bertz CT molecular complexity index is 1210. The van der Waals surface area contributed by atoms with Crippen LogP contribution >= 0.6 is 12.2 Å². The number of likely N-dealkylation sites (N-methyl/N-ethyl adjacent to an activating group) is 1. The SMILES string of the molecule is COC1C=CC=C(C2=CC=CC(C3(c4cccc(OS(C)(=O)=O)c4)NC(=S)N(C)C3=O)C2)C1. The second kappa shape index (κ2) is 8.89. The van der Waals surface area contributed by atoms with E-state index in [9.17, 15) is 13.2 Å². The maximum absolute atomic E-state index is 13.6. The van der Waals surface area contributed by atoms with E-state index >= 15 is 0 Å². The first-order chi connectivity index (χ1) is 15.6. The molecule has 0 saturated carbocycles. The summed E-state index contributed by atoms with van der Waals surface area (Å²) in [4.78, 5) is 15.1. The molecule has 1 aromatic carbocycles. The van der Waals surface area contributed by atoms with Crippen molar-refractivity contribution >= 4 is 33.4 Å². The first-order valence-corrected chi connectivity index (χ1v) is 12.7. The Hall–Kier alpha value is -2.75. The quantitative estimate of drug-likeness (QED) is 0.489. The van der Waals surface area contributed by atoms with Crippen molar-refractivity contribution in [2.24, 2.45) is 5.92 Å². The van der Waals surface area contributed by atoms with Crippen molar-refractivity contribution in [3.05, 3.63) is 77.4 Å². The fourth-order valence-electron chi connectivity index (χ4n) is 4.55. The van der Waals surface area contributed by atoms with Gasteiger partial charge < -0.3 is 14.2 Å². The molecule has 0 bridgehead atoms. The summed E-state index contributed by atoms with van der Waals surface area (Å²) in [7, 11) is -0.394. The van der Waals surface area contributed by atoms with E-state index in [1.807, 2.05) is 24.3 Å². The molecule has 0 radical (unpaired) electrons. The normalized spacial score (nSPS) is 27.3. The molecule has 4 rings (SSSR count). The minimum absolute atomic E-state index is 0.0130. The lowest BCUT2D eigenvalue weighted by molar-refractivity contribution is -0.132. The molecule has 1 saturated heterocycles. The van der Waals surface area contributed by atoms with E-state index in [-0.39, 0.29) is 23.7 Å². The second-order valence-corrected chi connectivity index (χ2v) is 10.3. The van der Waals surface area contributed by atoms with Crippen molar-refractivity contribution in [3.63, 3.8) is 0 Å². The summed E-state index contributed by atoms with van der Waals surface area (Å²) in [6.07, 6.45) is 14.4. The fraction of sp³-hybridized carbons (Fsp3) is 0.333. The molecule has 33 heavy (non-hydrogen) atoms. The summed E-state index contributed by atoms with van der Waals surface area (Å²) in [6.45, 7) is 0. The number of carbonyl (C=O) groups is 1. The van der Waals surface area contributed by atoms with E-state index < -0.39 is 15.7 Å². The molecule has 0 aromatic heterocycles. The van der Waals surface area contributed by atoms with E-state index in [0.29, 0.717) is 17.1 Å². The third kappa shape index (κ3) is 4.53. The molecule has 174 valence electrons. The van der Waals surface area contributed by atoms with Gasteiger partial charge in [0.2, 0.25) is 0 Å². The van der Waals surface area contributed by atoms with Crippen molar-refractivity contribution < 1.29 is 22.1 Å². The maximum atomic E-state index is 13.6. The molecule has 1 amide bonds. The lowest BCUT2D eigenvalue weighted by Crippen LogP contribution is -2.50. The van der Waals surface area contributed by atoms with Crippen molar-refractivity contribution in [2.45, 2.75) is 24.5 Å². The van der Waals surface area contributed by atoms with Crippen LogP contribution in [-0.4, -0.2) is 50.9 Å². The highest BCUT2D eigenvalue weighted by molar-refractivity contribution is 7.86. The summed E-state index contributed by atoms with van der Waals surface area (Å²) in [6, 6.07) is 6.60. The number of methoxy groups -OCH3 is 1. The Morgan fingerprint density at radius 1 is 1.15 bits per heavy atom. The Balaban J connectivity index is 1.74. The molecular weight excluding hydrogens is 460 g/mol. The highest BCUT2D eigenvalue weighted by Gasteiger charge is 2.54. The average Bonchev–Trinajstić information content (AvgIpc) is 3.03. The lowest BCUT2D eigenvalue weighted by Gasteiger charge is -2.36. The third-order valence-corrected chi connectivity index (χ3v) is 7.06. The van der Waals surface area contributed by atoms with Crippen molar-refractivity contribution in [3.8, 4) is 5.75 Å². The largest absolute Gasteiger partial charge is 0.383 e. The molecule has 3 atom stereocenters. The number of amides is 1. The topological polar surface area (TPSA) is 84.9 Å². The number of nitrogens with one attached hydrogen (secondary N) is 1. The molecule has 1 fully saturated rings. The zero-order valence-electron chi connectivity index (χ0n) is 18.6. The molecule has 1 N–H and O–H groups in total. The predicted molar refractivity (Wildman–Crippen MR) is 130 cm³/mol. The Morgan fingerprint density at radius 2 is 1.85 bits per heavy atom. The molecule has 2 aliphatic carbocycles. The molecular formula is C24H26N2O5S2. The van der Waals surface area contributed by atoms with Crippen LogP contribution in [0.4, 0.5) is 0 Å². The van der Waals surface area contributed by atoms with Gasteiger partial charge in [0.25, 0.3) is 5.91 Å². The van der Waals surface area contributed by atoms with E-state index in [2.05, 4.69) is 17.5 Å². The third-order valence-electron chi connectivity index (χ3n) is 6.18. The standard InChI is InChI=1S/C24H26N2O5S2/c1-26-22(27)24(25-23(26)32,19-10-6-12-21(15-19)31-33(3,28)29)18-9-4-7-16(13-18)17-8-5-11-20(14-17)30-2/h4-12,15,18,20H,13-14H2,1-3H3,(H,25,32). The van der Waals surface area contributed by atoms with Gasteiger partial charge in [-0.3, -0.25) is 9.69 Å². The molecule has 0 spiro atoms. The van der Waals surface area contributed by atoms with Crippen LogP contribution in [0.5, 0.6) is 5.75 Å². The minimum atomic E-state index is -3.72. The molecule has 1 aliphatic heterocycles. The molecule has 9 heteroatoms. The number of rotatable bonds is 6. The molecule has 3 unspecified atom stereocenters. The number of allylic oxidation sites excluding steroid dienone is 5. The average molecular weight is 487 g/mol. The Kier molecular flexibility index (Phi) is 6.30. The van der Waals surface area contributed by atoms with Crippen molar-refractivity contribution in [2.75, 3.05) is 20.4 Å². The van der Waals surface area contributed by atoms with Crippen molar-refractivity contribution in [1.82, 2.24) is 10.2 Å². The highest BCUT2D eigenvalue weighted by Crippen LogP contribution is 2.43. The first-order valence-electron chi connectivity index (χ1n) is 10.5.